The van der Waals surface area contributed by atoms with Gasteiger partial charge in [0.2, 0.25) is 0 Å². The minimum atomic E-state index is -2.88. The number of anilines is 1. The normalized spacial score (nSPS) is 21.2. The van der Waals surface area contributed by atoms with Crippen LogP contribution in [0.4, 0.5) is 5.13 Å². The monoisotopic (exact) mass is 304 g/mol. The fourth-order valence-electron chi connectivity index (χ4n) is 1.90. The van der Waals surface area contributed by atoms with Gasteiger partial charge in [0.15, 0.2) is 15.0 Å². The Kier molecular flexibility index (Phi) is 4.41. The standard InChI is InChI=1S/C11H16N2O4S2/c1-17-10(14)3-2-8-6-18-11(12-8)13-9-4-5-19(15,16)7-9/h6,9H,2-5,7H2,1H3,(H,12,13). The molecular weight excluding hydrogens is 288 g/mol. The number of nitrogens with one attached hydrogen (secondary N) is 1. The summed E-state index contributed by atoms with van der Waals surface area (Å²) in [6.45, 7) is 0. The van der Waals surface area contributed by atoms with Gasteiger partial charge in [-0.15, -0.1) is 11.3 Å². The third kappa shape index (κ3) is 4.17. The molecule has 1 unspecified atom stereocenters. The summed E-state index contributed by atoms with van der Waals surface area (Å²) in [7, 11) is -1.52. The zero-order valence-corrected chi connectivity index (χ0v) is 12.2. The number of sulfone groups is 1. The molecule has 1 saturated heterocycles. The number of aryl methyl sites for hydroxylation is 1. The molecule has 0 spiro atoms. The number of carbonyl (C=O) groups excluding carboxylic acids is 1. The van der Waals surface area contributed by atoms with E-state index in [1.54, 1.807) is 0 Å². The van der Waals surface area contributed by atoms with E-state index in [9.17, 15) is 13.2 Å². The summed E-state index contributed by atoms with van der Waals surface area (Å²) < 4.78 is 27.2. The lowest BCUT2D eigenvalue weighted by molar-refractivity contribution is -0.140. The molecule has 1 aromatic heterocycles. The molecule has 0 amide bonds. The van der Waals surface area contributed by atoms with Crippen molar-refractivity contribution in [3.63, 3.8) is 0 Å². The summed E-state index contributed by atoms with van der Waals surface area (Å²) in [6, 6.07) is -0.0513. The lowest BCUT2D eigenvalue weighted by atomic mass is 10.2. The number of carbonyl (C=O) groups is 1. The van der Waals surface area contributed by atoms with Gasteiger partial charge in [0.1, 0.15) is 0 Å². The van der Waals surface area contributed by atoms with Crippen LogP contribution in [0.1, 0.15) is 18.5 Å². The van der Waals surface area contributed by atoms with Crippen molar-refractivity contribution >= 4 is 32.3 Å². The fourth-order valence-corrected chi connectivity index (χ4v) is 4.40. The summed E-state index contributed by atoms with van der Waals surface area (Å²) in [4.78, 5) is 15.3. The number of rotatable bonds is 5. The van der Waals surface area contributed by atoms with Crippen molar-refractivity contribution in [2.75, 3.05) is 23.9 Å². The van der Waals surface area contributed by atoms with Crippen molar-refractivity contribution in [3.05, 3.63) is 11.1 Å². The average Bonchev–Trinajstić information content (AvgIpc) is 2.93. The second kappa shape index (κ2) is 5.87. The van der Waals surface area contributed by atoms with Crippen LogP contribution in [0.15, 0.2) is 5.38 Å². The number of nitrogens with zero attached hydrogens (tertiary/aromatic N) is 1. The summed E-state index contributed by atoms with van der Waals surface area (Å²) in [5.74, 6) is 0.152. The van der Waals surface area contributed by atoms with E-state index in [2.05, 4.69) is 15.0 Å². The molecule has 1 N–H and O–H groups in total. The molecule has 2 heterocycles. The van der Waals surface area contributed by atoms with E-state index in [-0.39, 0.29) is 23.5 Å². The first-order chi connectivity index (χ1) is 8.98. The Morgan fingerprint density at radius 1 is 1.63 bits per heavy atom. The third-order valence-electron chi connectivity index (χ3n) is 2.92. The van der Waals surface area contributed by atoms with Crippen LogP contribution >= 0.6 is 11.3 Å². The van der Waals surface area contributed by atoms with Crippen LogP contribution < -0.4 is 5.32 Å². The average molecular weight is 304 g/mol. The Balaban J connectivity index is 1.86. The molecule has 1 aromatic rings. The lowest BCUT2D eigenvalue weighted by Crippen LogP contribution is -2.20. The highest BCUT2D eigenvalue weighted by Gasteiger charge is 2.28. The maximum Gasteiger partial charge on any atom is 0.305 e. The van der Waals surface area contributed by atoms with Crippen LogP contribution in [-0.2, 0) is 25.8 Å². The Labute approximate surface area is 116 Å². The number of methoxy groups -OCH3 is 1. The molecule has 19 heavy (non-hydrogen) atoms. The van der Waals surface area contributed by atoms with Crippen LogP contribution in [0, 0.1) is 0 Å². The van der Waals surface area contributed by atoms with Crippen LogP contribution in [0.2, 0.25) is 0 Å². The third-order valence-corrected chi connectivity index (χ3v) is 5.51. The van der Waals surface area contributed by atoms with Crippen molar-refractivity contribution in [3.8, 4) is 0 Å². The van der Waals surface area contributed by atoms with Gasteiger partial charge < -0.3 is 10.1 Å². The van der Waals surface area contributed by atoms with E-state index in [1.165, 1.54) is 18.4 Å². The Bertz CT molecular complexity index is 553. The van der Waals surface area contributed by atoms with Crippen molar-refractivity contribution in [1.29, 1.82) is 0 Å². The predicted molar refractivity (Wildman–Crippen MR) is 73.1 cm³/mol. The van der Waals surface area contributed by atoms with E-state index >= 15 is 0 Å². The van der Waals surface area contributed by atoms with E-state index in [0.29, 0.717) is 24.4 Å². The largest absolute Gasteiger partial charge is 0.469 e. The highest BCUT2D eigenvalue weighted by atomic mass is 32.2. The summed E-state index contributed by atoms with van der Waals surface area (Å²) in [6.07, 6.45) is 1.46. The minimum absolute atomic E-state index is 0.0513. The van der Waals surface area contributed by atoms with Gasteiger partial charge in [0, 0.05) is 17.8 Å². The van der Waals surface area contributed by atoms with Crippen LogP contribution in [0.25, 0.3) is 0 Å². The van der Waals surface area contributed by atoms with Gasteiger partial charge in [-0.2, -0.15) is 0 Å². The first-order valence-corrected chi connectivity index (χ1v) is 8.67. The van der Waals surface area contributed by atoms with Gasteiger partial charge in [-0.25, -0.2) is 13.4 Å². The maximum atomic E-state index is 11.3. The van der Waals surface area contributed by atoms with Gasteiger partial charge in [0.05, 0.1) is 30.7 Å². The molecule has 0 bridgehead atoms. The van der Waals surface area contributed by atoms with Gasteiger partial charge in [-0.05, 0) is 6.42 Å². The highest BCUT2D eigenvalue weighted by Crippen LogP contribution is 2.21. The quantitative estimate of drug-likeness (QED) is 0.812. The predicted octanol–water partition coefficient (Wildman–Crippen LogP) is 0.848. The Hall–Kier alpha value is -1.15. The number of aromatic nitrogens is 1. The molecule has 106 valence electrons. The zero-order chi connectivity index (χ0) is 13.9. The molecule has 1 aliphatic rings. The van der Waals surface area contributed by atoms with Crippen molar-refractivity contribution in [2.45, 2.75) is 25.3 Å². The molecule has 0 radical (unpaired) electrons. The molecule has 6 nitrogen and oxygen atoms in total. The molecule has 0 aromatic carbocycles. The molecule has 1 atom stereocenters. The molecular formula is C11H16N2O4S2. The Morgan fingerprint density at radius 2 is 2.42 bits per heavy atom. The van der Waals surface area contributed by atoms with E-state index in [1.807, 2.05) is 5.38 Å². The number of thiazole rings is 1. The van der Waals surface area contributed by atoms with Crippen molar-refractivity contribution in [2.24, 2.45) is 0 Å². The second-order valence-electron chi connectivity index (χ2n) is 4.46. The van der Waals surface area contributed by atoms with Crippen LogP contribution in [0.5, 0.6) is 0 Å². The lowest BCUT2D eigenvalue weighted by Gasteiger charge is -2.08. The molecule has 1 fully saturated rings. The SMILES string of the molecule is COC(=O)CCc1csc(NC2CCS(=O)(=O)C2)n1. The highest BCUT2D eigenvalue weighted by molar-refractivity contribution is 7.91. The number of esters is 1. The van der Waals surface area contributed by atoms with Gasteiger partial charge >= 0.3 is 5.97 Å². The summed E-state index contributed by atoms with van der Waals surface area (Å²) >= 11 is 1.43. The molecule has 1 aliphatic heterocycles. The minimum Gasteiger partial charge on any atom is -0.469 e. The van der Waals surface area contributed by atoms with Gasteiger partial charge in [0.25, 0.3) is 0 Å². The Morgan fingerprint density at radius 3 is 3.05 bits per heavy atom. The number of hydrogen-bond donors (Lipinski definition) is 1. The van der Waals surface area contributed by atoms with Crippen LogP contribution in [0.3, 0.4) is 0 Å². The topological polar surface area (TPSA) is 85.4 Å². The van der Waals surface area contributed by atoms with Crippen LogP contribution in [-0.4, -0.2) is 44.0 Å². The van der Waals surface area contributed by atoms with E-state index in [0.717, 1.165) is 5.69 Å². The van der Waals surface area contributed by atoms with Gasteiger partial charge in [-0.1, -0.05) is 0 Å². The smallest absolute Gasteiger partial charge is 0.305 e. The molecule has 8 heteroatoms. The van der Waals surface area contributed by atoms with E-state index < -0.39 is 9.84 Å². The molecule has 0 aliphatic carbocycles. The first-order valence-electron chi connectivity index (χ1n) is 5.97. The van der Waals surface area contributed by atoms with Gasteiger partial charge in [-0.3, -0.25) is 4.79 Å². The van der Waals surface area contributed by atoms with Crippen molar-refractivity contribution < 1.29 is 17.9 Å². The summed E-state index contributed by atoms with van der Waals surface area (Å²) in [5, 5.41) is 5.71. The fraction of sp³-hybridized carbons (Fsp3) is 0.636. The molecule has 2 rings (SSSR count). The second-order valence-corrected chi connectivity index (χ2v) is 7.55. The number of hydrogen-bond acceptors (Lipinski definition) is 7. The van der Waals surface area contributed by atoms with E-state index in [4.69, 9.17) is 0 Å². The molecule has 0 saturated carbocycles. The maximum absolute atomic E-state index is 11.3. The zero-order valence-electron chi connectivity index (χ0n) is 10.6. The van der Waals surface area contributed by atoms with Crippen molar-refractivity contribution in [1.82, 2.24) is 4.98 Å². The number of ether oxygens (including phenoxy) is 1. The first kappa shape index (κ1) is 14.3. The summed E-state index contributed by atoms with van der Waals surface area (Å²) in [5.41, 5.74) is 0.818.